The number of nitrogens with zero attached hydrogens (tertiary/aromatic N) is 3. The van der Waals surface area contributed by atoms with Crippen LogP contribution in [-0.4, -0.2) is 48.1 Å². The molecule has 0 spiro atoms. The third-order valence-electron chi connectivity index (χ3n) is 3.66. The molecule has 8 nitrogen and oxygen atoms in total. The number of carbonyl (C=O) groups is 2. The molecule has 2 N–H and O–H groups in total. The van der Waals surface area contributed by atoms with E-state index in [1.165, 1.54) is 19.3 Å². The van der Waals surface area contributed by atoms with E-state index in [2.05, 4.69) is 20.6 Å². The Kier molecular flexibility index (Phi) is 5.20. The standard InChI is InChI=1S/C17H19N5O3/c1-12(23)20-14-2-4-15(5-3-14)21-16(24)13-10-18-17(19-11-13)22-6-8-25-9-7-22/h2-5,10-11H,6-9H2,1H3,(H,20,23)(H,21,24). The van der Waals surface area contributed by atoms with Crippen LogP contribution in [0.4, 0.5) is 17.3 Å². The van der Waals surface area contributed by atoms with Crippen LogP contribution in [0.2, 0.25) is 0 Å². The topological polar surface area (TPSA) is 96.5 Å². The normalized spacial score (nSPS) is 14.0. The van der Waals surface area contributed by atoms with Crippen molar-refractivity contribution in [2.75, 3.05) is 41.8 Å². The molecule has 3 rings (SSSR count). The molecule has 0 unspecified atom stereocenters. The number of anilines is 3. The van der Waals surface area contributed by atoms with E-state index in [0.717, 1.165) is 13.1 Å². The SMILES string of the molecule is CC(=O)Nc1ccc(NC(=O)c2cnc(N3CCOCC3)nc2)cc1. The Bertz CT molecular complexity index is 740. The molecule has 8 heteroatoms. The van der Waals surface area contributed by atoms with Crippen LogP contribution < -0.4 is 15.5 Å². The molecule has 0 radical (unpaired) electrons. The first kappa shape index (κ1) is 16.8. The first-order chi connectivity index (χ1) is 12.1. The fourth-order valence-corrected chi connectivity index (χ4v) is 2.41. The maximum Gasteiger partial charge on any atom is 0.258 e. The summed E-state index contributed by atoms with van der Waals surface area (Å²) in [6.07, 6.45) is 3.03. The van der Waals surface area contributed by atoms with Gasteiger partial charge in [0.1, 0.15) is 0 Å². The van der Waals surface area contributed by atoms with Crippen molar-refractivity contribution in [2.45, 2.75) is 6.92 Å². The highest BCUT2D eigenvalue weighted by atomic mass is 16.5. The summed E-state index contributed by atoms with van der Waals surface area (Å²) >= 11 is 0. The zero-order chi connectivity index (χ0) is 17.6. The number of amides is 2. The van der Waals surface area contributed by atoms with Gasteiger partial charge >= 0.3 is 0 Å². The number of hydrogen-bond acceptors (Lipinski definition) is 6. The van der Waals surface area contributed by atoms with Crippen LogP contribution in [0.5, 0.6) is 0 Å². The Balaban J connectivity index is 1.61. The number of aromatic nitrogens is 2. The molecular weight excluding hydrogens is 322 g/mol. The molecule has 1 aromatic heterocycles. The first-order valence-corrected chi connectivity index (χ1v) is 7.95. The molecule has 1 aliphatic rings. The number of nitrogens with one attached hydrogen (secondary N) is 2. The summed E-state index contributed by atoms with van der Waals surface area (Å²) in [6, 6.07) is 6.86. The third kappa shape index (κ3) is 4.51. The molecule has 1 aliphatic heterocycles. The van der Waals surface area contributed by atoms with Crippen LogP contribution in [0, 0.1) is 0 Å². The highest BCUT2D eigenvalue weighted by Gasteiger charge is 2.14. The number of hydrogen-bond donors (Lipinski definition) is 2. The lowest BCUT2D eigenvalue weighted by Gasteiger charge is -2.26. The lowest BCUT2D eigenvalue weighted by Crippen LogP contribution is -2.37. The van der Waals surface area contributed by atoms with Gasteiger partial charge in [-0.3, -0.25) is 9.59 Å². The fourth-order valence-electron chi connectivity index (χ4n) is 2.41. The molecule has 1 aromatic carbocycles. The van der Waals surface area contributed by atoms with Crippen LogP contribution in [0.15, 0.2) is 36.7 Å². The number of benzene rings is 1. The molecule has 0 saturated carbocycles. The molecule has 2 heterocycles. The zero-order valence-corrected chi connectivity index (χ0v) is 13.9. The van der Waals surface area contributed by atoms with Gasteiger partial charge in [0.25, 0.3) is 5.91 Å². The van der Waals surface area contributed by atoms with Crippen molar-refractivity contribution in [3.8, 4) is 0 Å². The summed E-state index contributed by atoms with van der Waals surface area (Å²) in [4.78, 5) is 33.8. The monoisotopic (exact) mass is 341 g/mol. The van der Waals surface area contributed by atoms with Gasteiger partial charge in [-0.25, -0.2) is 9.97 Å². The molecule has 0 atom stereocenters. The lowest BCUT2D eigenvalue weighted by molar-refractivity contribution is -0.114. The Hall–Kier alpha value is -3.00. The second kappa shape index (κ2) is 7.71. The van der Waals surface area contributed by atoms with Crippen LogP contribution >= 0.6 is 0 Å². The van der Waals surface area contributed by atoms with E-state index in [1.807, 2.05) is 4.90 Å². The average Bonchev–Trinajstić information content (AvgIpc) is 2.64. The van der Waals surface area contributed by atoms with E-state index in [9.17, 15) is 9.59 Å². The van der Waals surface area contributed by atoms with Crippen molar-refractivity contribution >= 4 is 29.1 Å². The minimum absolute atomic E-state index is 0.144. The van der Waals surface area contributed by atoms with Gasteiger partial charge in [-0.1, -0.05) is 0 Å². The minimum atomic E-state index is -0.291. The molecule has 1 fully saturated rings. The predicted octanol–water partition coefficient (Wildman–Crippen LogP) is 1.52. The van der Waals surface area contributed by atoms with E-state index < -0.39 is 0 Å². The van der Waals surface area contributed by atoms with Crippen molar-refractivity contribution in [2.24, 2.45) is 0 Å². The zero-order valence-electron chi connectivity index (χ0n) is 13.9. The van der Waals surface area contributed by atoms with Gasteiger partial charge in [0.05, 0.1) is 18.8 Å². The van der Waals surface area contributed by atoms with E-state index >= 15 is 0 Å². The lowest BCUT2D eigenvalue weighted by atomic mass is 10.2. The van der Waals surface area contributed by atoms with Crippen molar-refractivity contribution in [3.05, 3.63) is 42.2 Å². The average molecular weight is 341 g/mol. The Labute approximate surface area is 145 Å². The van der Waals surface area contributed by atoms with E-state index in [-0.39, 0.29) is 11.8 Å². The first-order valence-electron chi connectivity index (χ1n) is 7.95. The van der Waals surface area contributed by atoms with Crippen LogP contribution in [0.3, 0.4) is 0 Å². The Morgan fingerprint density at radius 3 is 2.12 bits per heavy atom. The van der Waals surface area contributed by atoms with Gasteiger partial charge in [0.15, 0.2) is 0 Å². The molecule has 0 bridgehead atoms. The molecule has 25 heavy (non-hydrogen) atoms. The van der Waals surface area contributed by atoms with Gasteiger partial charge in [0, 0.05) is 43.8 Å². The van der Waals surface area contributed by atoms with Gasteiger partial charge < -0.3 is 20.3 Å². The minimum Gasteiger partial charge on any atom is -0.378 e. The fraction of sp³-hybridized carbons (Fsp3) is 0.294. The smallest absolute Gasteiger partial charge is 0.258 e. The number of ether oxygens (including phenoxy) is 1. The summed E-state index contributed by atoms with van der Waals surface area (Å²) in [7, 11) is 0. The van der Waals surface area contributed by atoms with Gasteiger partial charge in [-0.2, -0.15) is 0 Å². The quantitative estimate of drug-likeness (QED) is 0.875. The van der Waals surface area contributed by atoms with Crippen LogP contribution in [0.1, 0.15) is 17.3 Å². The second-order valence-corrected chi connectivity index (χ2v) is 5.58. The van der Waals surface area contributed by atoms with Crippen LogP contribution in [0.25, 0.3) is 0 Å². The summed E-state index contributed by atoms with van der Waals surface area (Å²) in [5.74, 6) is 0.162. The summed E-state index contributed by atoms with van der Waals surface area (Å²) in [5, 5.41) is 5.44. The van der Waals surface area contributed by atoms with Gasteiger partial charge in [-0.05, 0) is 24.3 Å². The highest BCUT2D eigenvalue weighted by molar-refractivity contribution is 6.04. The van der Waals surface area contributed by atoms with Crippen molar-refractivity contribution in [1.29, 1.82) is 0 Å². The maximum atomic E-state index is 12.3. The van der Waals surface area contributed by atoms with Crippen molar-refractivity contribution in [1.82, 2.24) is 9.97 Å². The van der Waals surface area contributed by atoms with Crippen LogP contribution in [-0.2, 0) is 9.53 Å². The summed E-state index contributed by atoms with van der Waals surface area (Å²) in [6.45, 7) is 4.23. The Morgan fingerprint density at radius 2 is 1.56 bits per heavy atom. The molecule has 130 valence electrons. The van der Waals surface area contributed by atoms with Gasteiger partial charge in [-0.15, -0.1) is 0 Å². The van der Waals surface area contributed by atoms with Crippen molar-refractivity contribution < 1.29 is 14.3 Å². The van der Waals surface area contributed by atoms with E-state index in [1.54, 1.807) is 24.3 Å². The molecule has 1 saturated heterocycles. The molecule has 2 amide bonds. The number of carbonyl (C=O) groups excluding carboxylic acids is 2. The predicted molar refractivity (Wildman–Crippen MR) is 93.8 cm³/mol. The third-order valence-corrected chi connectivity index (χ3v) is 3.66. The molecular formula is C17H19N5O3. The number of morpholine rings is 1. The van der Waals surface area contributed by atoms with Crippen molar-refractivity contribution in [3.63, 3.8) is 0 Å². The summed E-state index contributed by atoms with van der Waals surface area (Å²) < 4.78 is 5.29. The maximum absolute atomic E-state index is 12.3. The summed E-state index contributed by atoms with van der Waals surface area (Å²) in [5.41, 5.74) is 1.67. The Morgan fingerprint density at radius 1 is 1.00 bits per heavy atom. The second-order valence-electron chi connectivity index (χ2n) is 5.58. The molecule has 2 aromatic rings. The van der Waals surface area contributed by atoms with Gasteiger partial charge in [0.2, 0.25) is 11.9 Å². The van der Waals surface area contributed by atoms with E-state index in [0.29, 0.717) is 36.1 Å². The number of rotatable bonds is 4. The highest BCUT2D eigenvalue weighted by Crippen LogP contribution is 2.15. The largest absolute Gasteiger partial charge is 0.378 e. The molecule has 0 aliphatic carbocycles. The van der Waals surface area contributed by atoms with E-state index in [4.69, 9.17) is 4.74 Å².